The molecule has 0 aliphatic heterocycles. The summed E-state index contributed by atoms with van der Waals surface area (Å²) in [5.74, 6) is 1.26. The zero-order valence-corrected chi connectivity index (χ0v) is 13.0. The number of nitrogens with one attached hydrogen (secondary N) is 2. The second kappa shape index (κ2) is 8.33. The van der Waals surface area contributed by atoms with Crippen LogP contribution in [0.25, 0.3) is 0 Å². The second-order valence-electron chi connectivity index (χ2n) is 4.82. The Morgan fingerprint density at radius 1 is 0.875 bits per heavy atom. The minimum absolute atomic E-state index is 0.0319. The zero-order chi connectivity index (χ0) is 17.4. The Morgan fingerprint density at radius 3 is 1.96 bits per heavy atom. The predicted molar refractivity (Wildman–Crippen MR) is 92.8 cm³/mol. The average Bonchev–Trinajstić information content (AvgIpc) is 2.58. The molecule has 0 saturated heterocycles. The van der Waals surface area contributed by atoms with E-state index in [0.29, 0.717) is 36.0 Å². The van der Waals surface area contributed by atoms with Crippen LogP contribution in [0.3, 0.4) is 0 Å². The minimum atomic E-state index is -0.0741. The topological polar surface area (TPSA) is 131 Å². The molecule has 2 rings (SSSR count). The number of rotatable bonds is 8. The lowest BCUT2D eigenvalue weighted by atomic mass is 10.2. The molecule has 0 amide bonds. The van der Waals surface area contributed by atoms with Crippen molar-refractivity contribution < 1.29 is 9.47 Å². The standard InChI is InChI=1S/C17H19N5O2/c18-16(19)12-3-5-13(6-4-12)23-9-1-2-10-24-14-7-8-15(17(20)21)22-11-14/h1-8,11H,9-10H2,(H3,18,19)(H3,20,21)/b2-1+. The van der Waals surface area contributed by atoms with Crippen molar-refractivity contribution in [1.29, 1.82) is 10.8 Å². The van der Waals surface area contributed by atoms with Gasteiger partial charge < -0.3 is 20.9 Å². The fourth-order valence-electron chi connectivity index (χ4n) is 1.78. The number of nitrogens with zero attached hydrogens (tertiary/aromatic N) is 1. The first-order valence-electron chi connectivity index (χ1n) is 7.22. The molecule has 0 aliphatic rings. The van der Waals surface area contributed by atoms with Crippen LogP contribution in [-0.2, 0) is 0 Å². The molecular formula is C17H19N5O2. The van der Waals surface area contributed by atoms with Gasteiger partial charge in [0.2, 0.25) is 0 Å². The van der Waals surface area contributed by atoms with Gasteiger partial charge in [-0.05, 0) is 48.6 Å². The van der Waals surface area contributed by atoms with Crippen LogP contribution in [-0.4, -0.2) is 29.9 Å². The summed E-state index contributed by atoms with van der Waals surface area (Å²) >= 11 is 0. The molecule has 0 radical (unpaired) electrons. The van der Waals surface area contributed by atoms with Gasteiger partial charge in [0.1, 0.15) is 42.1 Å². The van der Waals surface area contributed by atoms with Crippen molar-refractivity contribution in [2.24, 2.45) is 11.5 Å². The monoisotopic (exact) mass is 325 g/mol. The third-order valence-electron chi connectivity index (χ3n) is 3.04. The number of amidine groups is 2. The fourth-order valence-corrected chi connectivity index (χ4v) is 1.78. The quantitative estimate of drug-likeness (QED) is 0.333. The van der Waals surface area contributed by atoms with Crippen LogP contribution in [0.1, 0.15) is 11.3 Å². The molecule has 0 fully saturated rings. The van der Waals surface area contributed by atoms with Gasteiger partial charge in [0.05, 0.1) is 6.20 Å². The number of benzene rings is 1. The number of hydrogen-bond donors (Lipinski definition) is 4. The van der Waals surface area contributed by atoms with Gasteiger partial charge in [0, 0.05) is 5.56 Å². The van der Waals surface area contributed by atoms with E-state index >= 15 is 0 Å². The number of nitrogens with two attached hydrogens (primary N) is 2. The molecule has 7 heteroatoms. The summed E-state index contributed by atoms with van der Waals surface area (Å²) in [6.45, 7) is 0.790. The second-order valence-corrected chi connectivity index (χ2v) is 4.82. The van der Waals surface area contributed by atoms with Crippen LogP contribution in [0.5, 0.6) is 11.5 Å². The van der Waals surface area contributed by atoms with Crippen molar-refractivity contribution >= 4 is 11.7 Å². The van der Waals surface area contributed by atoms with E-state index in [2.05, 4.69) is 4.98 Å². The maximum atomic E-state index is 7.31. The SMILES string of the molecule is N=C(N)c1ccc(OC/C=C/COc2ccc(C(=N)N)nc2)cc1. The third kappa shape index (κ3) is 5.13. The highest BCUT2D eigenvalue weighted by atomic mass is 16.5. The Labute approximate surface area is 139 Å². The highest BCUT2D eigenvalue weighted by Gasteiger charge is 1.99. The Hall–Kier alpha value is -3.35. The Bertz CT molecular complexity index is 660. The molecule has 2 aromatic rings. The molecule has 1 heterocycles. The fraction of sp³-hybridized carbons (Fsp3) is 0.118. The normalized spacial score (nSPS) is 10.5. The van der Waals surface area contributed by atoms with Gasteiger partial charge in [-0.1, -0.05) is 0 Å². The molecule has 0 bridgehead atoms. The summed E-state index contributed by atoms with van der Waals surface area (Å²) in [7, 11) is 0. The molecule has 0 saturated carbocycles. The van der Waals surface area contributed by atoms with Gasteiger partial charge in [0.15, 0.2) is 0 Å². The van der Waals surface area contributed by atoms with Gasteiger partial charge >= 0.3 is 0 Å². The van der Waals surface area contributed by atoms with Crippen LogP contribution in [0.2, 0.25) is 0 Å². The maximum absolute atomic E-state index is 7.31. The lowest BCUT2D eigenvalue weighted by Gasteiger charge is -2.05. The summed E-state index contributed by atoms with van der Waals surface area (Å²) in [6, 6.07) is 10.4. The molecule has 6 N–H and O–H groups in total. The zero-order valence-electron chi connectivity index (χ0n) is 13.0. The molecule has 0 aliphatic carbocycles. The van der Waals surface area contributed by atoms with Crippen molar-refractivity contribution in [3.63, 3.8) is 0 Å². The summed E-state index contributed by atoms with van der Waals surface area (Å²) in [4.78, 5) is 4.01. The van der Waals surface area contributed by atoms with Gasteiger partial charge in [0.25, 0.3) is 0 Å². The average molecular weight is 325 g/mol. The number of nitrogen functional groups attached to an aromatic ring is 2. The predicted octanol–water partition coefficient (Wildman–Crippen LogP) is 1.66. The first-order valence-corrected chi connectivity index (χ1v) is 7.22. The summed E-state index contributed by atoms with van der Waals surface area (Å²) in [5, 5.41) is 14.6. The summed E-state index contributed by atoms with van der Waals surface area (Å²) < 4.78 is 11.0. The van der Waals surface area contributed by atoms with Crippen LogP contribution in [0.15, 0.2) is 54.7 Å². The van der Waals surface area contributed by atoms with Crippen LogP contribution in [0.4, 0.5) is 0 Å². The Morgan fingerprint density at radius 2 is 1.46 bits per heavy atom. The lowest BCUT2D eigenvalue weighted by molar-refractivity contribution is 0.349. The number of ether oxygens (including phenoxy) is 2. The number of pyridine rings is 1. The lowest BCUT2D eigenvalue weighted by Crippen LogP contribution is -2.12. The summed E-state index contributed by atoms with van der Waals surface area (Å²) in [6.07, 6.45) is 5.21. The highest BCUT2D eigenvalue weighted by Crippen LogP contribution is 2.12. The molecule has 124 valence electrons. The Kier molecular flexibility index (Phi) is 5.90. The van der Waals surface area contributed by atoms with Gasteiger partial charge in [-0.25, -0.2) is 4.98 Å². The van der Waals surface area contributed by atoms with Crippen LogP contribution < -0.4 is 20.9 Å². The highest BCUT2D eigenvalue weighted by molar-refractivity contribution is 5.95. The van der Waals surface area contributed by atoms with Crippen molar-refractivity contribution in [3.8, 4) is 11.5 Å². The van der Waals surface area contributed by atoms with E-state index in [1.54, 1.807) is 36.4 Å². The first-order chi connectivity index (χ1) is 11.6. The largest absolute Gasteiger partial charge is 0.490 e. The van der Waals surface area contributed by atoms with E-state index in [4.69, 9.17) is 31.8 Å². The smallest absolute Gasteiger partial charge is 0.141 e. The third-order valence-corrected chi connectivity index (χ3v) is 3.04. The van der Waals surface area contributed by atoms with E-state index in [1.165, 1.54) is 6.20 Å². The molecule has 7 nitrogen and oxygen atoms in total. The first kappa shape index (κ1) is 17.0. The molecule has 0 unspecified atom stereocenters. The molecular weight excluding hydrogens is 306 g/mol. The molecule has 0 atom stereocenters. The van der Waals surface area contributed by atoms with Crippen LogP contribution in [0, 0.1) is 10.8 Å². The minimum Gasteiger partial charge on any atom is -0.490 e. The Balaban J connectivity index is 1.71. The van der Waals surface area contributed by atoms with Gasteiger partial charge in [-0.3, -0.25) is 10.8 Å². The molecule has 24 heavy (non-hydrogen) atoms. The van der Waals surface area contributed by atoms with Crippen molar-refractivity contribution in [2.45, 2.75) is 0 Å². The number of aromatic nitrogens is 1. The summed E-state index contributed by atoms with van der Waals surface area (Å²) in [5.41, 5.74) is 11.8. The van der Waals surface area contributed by atoms with Crippen molar-refractivity contribution in [2.75, 3.05) is 13.2 Å². The van der Waals surface area contributed by atoms with Crippen LogP contribution >= 0.6 is 0 Å². The van der Waals surface area contributed by atoms with E-state index < -0.39 is 0 Å². The molecule has 1 aromatic carbocycles. The maximum Gasteiger partial charge on any atom is 0.141 e. The van der Waals surface area contributed by atoms with E-state index in [9.17, 15) is 0 Å². The van der Waals surface area contributed by atoms with Gasteiger partial charge in [-0.15, -0.1) is 0 Å². The van der Waals surface area contributed by atoms with Crippen molar-refractivity contribution in [1.82, 2.24) is 4.98 Å². The van der Waals surface area contributed by atoms with Gasteiger partial charge in [-0.2, -0.15) is 0 Å². The van der Waals surface area contributed by atoms with E-state index in [1.807, 2.05) is 12.2 Å². The molecule has 1 aromatic heterocycles. The van der Waals surface area contributed by atoms with E-state index in [-0.39, 0.29) is 11.7 Å². The molecule has 0 spiro atoms. The van der Waals surface area contributed by atoms with E-state index in [0.717, 1.165) is 0 Å². The number of hydrogen-bond acceptors (Lipinski definition) is 5. The van der Waals surface area contributed by atoms with Crippen molar-refractivity contribution in [3.05, 3.63) is 66.0 Å².